The van der Waals surface area contributed by atoms with Crippen molar-refractivity contribution in [1.82, 2.24) is 0 Å². The van der Waals surface area contributed by atoms with E-state index in [9.17, 15) is 9.59 Å². The minimum absolute atomic E-state index is 0.229. The van der Waals surface area contributed by atoms with Gasteiger partial charge in [0.05, 0.1) is 40.4 Å². The second-order valence-corrected chi connectivity index (χ2v) is 17.9. The minimum atomic E-state index is -1.89. The highest BCUT2D eigenvalue weighted by atomic mass is 28.3. The molecule has 0 radical (unpaired) electrons. The molecule has 6 heteroatoms. The summed E-state index contributed by atoms with van der Waals surface area (Å²) in [5.74, 6) is -0.459. The molecule has 20 heavy (non-hydrogen) atoms. The van der Waals surface area contributed by atoms with Crippen molar-refractivity contribution in [2.75, 3.05) is 13.2 Å². The van der Waals surface area contributed by atoms with Gasteiger partial charge in [-0.2, -0.15) is 0 Å². The van der Waals surface area contributed by atoms with Crippen LogP contribution in [0, 0.1) is 0 Å². The summed E-state index contributed by atoms with van der Waals surface area (Å²) in [6.07, 6.45) is 0. The van der Waals surface area contributed by atoms with Crippen molar-refractivity contribution in [2.45, 2.75) is 64.2 Å². The summed E-state index contributed by atoms with van der Waals surface area (Å²) in [5.41, 5.74) is -0.652. The molecule has 0 aliphatic carbocycles. The van der Waals surface area contributed by atoms with Crippen molar-refractivity contribution in [1.29, 1.82) is 0 Å². The summed E-state index contributed by atoms with van der Waals surface area (Å²) in [5, 5.41) is 0. The van der Waals surface area contributed by atoms with E-state index in [1.165, 1.54) is 0 Å². The molecule has 0 spiro atoms. The largest absolute Gasteiger partial charge is 0.466 e. The number of esters is 2. The Morgan fingerprint density at radius 1 is 0.750 bits per heavy atom. The Balaban J connectivity index is 5.65. The molecular weight excluding hydrogens is 288 g/mol. The third kappa shape index (κ3) is 5.40. The zero-order valence-electron chi connectivity index (χ0n) is 14.2. The normalized spacial score (nSPS) is 15.4. The minimum Gasteiger partial charge on any atom is -0.466 e. The van der Waals surface area contributed by atoms with Crippen molar-refractivity contribution < 1.29 is 19.1 Å². The molecule has 0 aliphatic heterocycles. The van der Waals surface area contributed by atoms with Crippen molar-refractivity contribution in [3.63, 3.8) is 0 Å². The Morgan fingerprint density at radius 2 is 1.00 bits per heavy atom. The fourth-order valence-electron chi connectivity index (χ4n) is 2.44. The summed E-state index contributed by atoms with van der Waals surface area (Å²) in [6.45, 7) is 17.0. The Labute approximate surface area is 125 Å². The summed E-state index contributed by atoms with van der Waals surface area (Å²) in [6, 6.07) is 0. The summed E-state index contributed by atoms with van der Waals surface area (Å²) < 4.78 is 10.5. The van der Waals surface area contributed by atoms with Gasteiger partial charge in [-0.05, 0) is 13.8 Å². The molecule has 0 rings (SSSR count). The van der Waals surface area contributed by atoms with Gasteiger partial charge in [0, 0.05) is 0 Å². The van der Waals surface area contributed by atoms with E-state index in [-0.39, 0.29) is 23.0 Å². The van der Waals surface area contributed by atoms with E-state index in [0.717, 1.165) is 0 Å². The molecule has 4 nitrogen and oxygen atoms in total. The molecule has 0 saturated carbocycles. The molecule has 0 bridgehead atoms. The maximum atomic E-state index is 12.4. The zero-order valence-corrected chi connectivity index (χ0v) is 16.2. The number of rotatable bonds is 7. The van der Waals surface area contributed by atoms with Crippen LogP contribution >= 0.6 is 0 Å². The highest BCUT2D eigenvalue weighted by Gasteiger charge is 2.50. The van der Waals surface area contributed by atoms with Gasteiger partial charge >= 0.3 is 11.9 Å². The van der Waals surface area contributed by atoms with Crippen LogP contribution in [0.2, 0.25) is 50.4 Å². The average molecular weight is 319 g/mol. The van der Waals surface area contributed by atoms with Crippen molar-refractivity contribution in [3.8, 4) is 0 Å². The van der Waals surface area contributed by atoms with Gasteiger partial charge in [-0.1, -0.05) is 39.3 Å². The van der Waals surface area contributed by atoms with E-state index in [2.05, 4.69) is 39.3 Å². The smallest absolute Gasteiger partial charge is 0.306 e. The first-order valence-electron chi connectivity index (χ1n) is 7.30. The first-order valence-corrected chi connectivity index (χ1v) is 14.5. The molecule has 0 aromatic carbocycles. The van der Waals surface area contributed by atoms with Crippen molar-refractivity contribution >= 4 is 28.1 Å². The monoisotopic (exact) mass is 318 g/mol. The van der Waals surface area contributed by atoms with Gasteiger partial charge in [0.15, 0.2) is 0 Å². The number of ether oxygens (including phenoxy) is 2. The summed E-state index contributed by atoms with van der Waals surface area (Å²) in [4.78, 5) is 24.8. The van der Waals surface area contributed by atoms with Gasteiger partial charge in [0.25, 0.3) is 0 Å². The lowest BCUT2D eigenvalue weighted by atomic mass is 10.3. The van der Waals surface area contributed by atoms with Crippen molar-refractivity contribution in [2.24, 2.45) is 0 Å². The summed E-state index contributed by atoms with van der Waals surface area (Å²) in [7, 11) is -3.78. The highest BCUT2D eigenvalue weighted by molar-refractivity contribution is 6.87. The second-order valence-electron chi connectivity index (χ2n) is 7.19. The zero-order chi connectivity index (χ0) is 16.1. The molecule has 0 aliphatic rings. The van der Waals surface area contributed by atoms with Gasteiger partial charge in [0.1, 0.15) is 0 Å². The first-order chi connectivity index (χ1) is 8.96. The third-order valence-electron chi connectivity index (χ3n) is 3.28. The van der Waals surface area contributed by atoms with Gasteiger partial charge in [0.2, 0.25) is 0 Å². The van der Waals surface area contributed by atoms with E-state index < -0.39 is 16.1 Å². The molecule has 2 atom stereocenters. The predicted molar refractivity (Wildman–Crippen MR) is 87.5 cm³/mol. The molecule has 118 valence electrons. The van der Waals surface area contributed by atoms with E-state index in [1.807, 2.05) is 0 Å². The Bertz CT molecular complexity index is 308. The van der Waals surface area contributed by atoms with E-state index >= 15 is 0 Å². The van der Waals surface area contributed by atoms with Gasteiger partial charge in [-0.3, -0.25) is 9.59 Å². The lowest BCUT2D eigenvalue weighted by Crippen LogP contribution is -2.48. The first kappa shape index (κ1) is 19.4. The molecule has 0 fully saturated rings. The molecule has 0 heterocycles. The maximum Gasteiger partial charge on any atom is 0.306 e. The molecule has 0 aromatic rings. The van der Waals surface area contributed by atoms with Gasteiger partial charge in [-0.25, -0.2) is 0 Å². The average Bonchev–Trinajstić information content (AvgIpc) is 2.22. The number of carbonyl (C=O) groups is 2. The van der Waals surface area contributed by atoms with Crippen LogP contribution in [-0.2, 0) is 19.1 Å². The van der Waals surface area contributed by atoms with Crippen LogP contribution < -0.4 is 0 Å². The maximum absolute atomic E-state index is 12.4. The van der Waals surface area contributed by atoms with E-state index in [0.29, 0.717) is 13.2 Å². The predicted octanol–water partition coefficient (Wildman–Crippen LogP) is 3.53. The van der Waals surface area contributed by atoms with Crippen LogP contribution in [0.15, 0.2) is 0 Å². The van der Waals surface area contributed by atoms with E-state index in [4.69, 9.17) is 9.47 Å². The van der Waals surface area contributed by atoms with Crippen LogP contribution in [0.5, 0.6) is 0 Å². The van der Waals surface area contributed by atoms with Crippen LogP contribution in [0.3, 0.4) is 0 Å². The molecular formula is C14H30O4Si2. The Kier molecular flexibility index (Phi) is 7.17. The van der Waals surface area contributed by atoms with Gasteiger partial charge < -0.3 is 9.47 Å². The fraction of sp³-hybridized carbons (Fsp3) is 0.857. The Morgan fingerprint density at radius 3 is 1.15 bits per heavy atom. The summed E-state index contributed by atoms with van der Waals surface area (Å²) >= 11 is 0. The molecule has 0 unspecified atom stereocenters. The Hall–Kier alpha value is -0.626. The fourth-order valence-corrected chi connectivity index (χ4v) is 9.30. The highest BCUT2D eigenvalue weighted by Crippen LogP contribution is 2.42. The van der Waals surface area contributed by atoms with Crippen molar-refractivity contribution in [3.05, 3.63) is 0 Å². The number of carbonyl (C=O) groups excluding carboxylic acids is 2. The van der Waals surface area contributed by atoms with Crippen LogP contribution in [0.1, 0.15) is 13.8 Å². The molecule has 0 amide bonds. The van der Waals surface area contributed by atoms with Gasteiger partial charge in [-0.15, -0.1) is 0 Å². The van der Waals surface area contributed by atoms with Crippen LogP contribution in [0.25, 0.3) is 0 Å². The SMILES string of the molecule is CCOC(=O)[C@H]([C@H](C(=O)OCC)[Si](C)(C)C)[Si](C)(C)C. The van der Waals surface area contributed by atoms with Crippen LogP contribution in [0.4, 0.5) is 0 Å². The van der Waals surface area contributed by atoms with E-state index in [1.54, 1.807) is 13.8 Å². The number of hydrogen-bond acceptors (Lipinski definition) is 4. The van der Waals surface area contributed by atoms with Crippen LogP contribution in [-0.4, -0.2) is 41.3 Å². The number of hydrogen-bond donors (Lipinski definition) is 0. The quantitative estimate of drug-likeness (QED) is 0.532. The molecule has 0 saturated heterocycles. The standard InChI is InChI=1S/C14H30O4Si2/c1-9-17-13(15)11(19(3,4)5)12(20(6,7)8)14(16)18-10-2/h11-12H,9-10H2,1-8H3/t11-,12+. The lowest BCUT2D eigenvalue weighted by Gasteiger charge is -2.38. The molecule has 0 aromatic heterocycles. The topological polar surface area (TPSA) is 52.6 Å². The second kappa shape index (κ2) is 7.40. The third-order valence-corrected chi connectivity index (χ3v) is 8.48. The lowest BCUT2D eigenvalue weighted by molar-refractivity contribution is -0.150. The molecule has 0 N–H and O–H groups in total.